The van der Waals surface area contributed by atoms with Gasteiger partial charge in [-0.2, -0.15) is 14.9 Å². The van der Waals surface area contributed by atoms with Gasteiger partial charge in [-0.25, -0.2) is 0 Å². The third-order valence-electron chi connectivity index (χ3n) is 2.19. The van der Waals surface area contributed by atoms with E-state index in [9.17, 15) is 5.11 Å². The van der Waals surface area contributed by atoms with E-state index in [0.717, 1.165) is 0 Å². The third-order valence-corrected chi connectivity index (χ3v) is 3.30. The largest absolute Gasteiger partial charge is 0.503 e. The van der Waals surface area contributed by atoms with Crippen LogP contribution >= 0.6 is 28.1 Å². The highest BCUT2D eigenvalue weighted by Crippen LogP contribution is 2.35. The molecule has 8 heteroatoms. The Bertz CT molecular complexity index is 650. The number of nitrogens with zero attached hydrogens (tertiary/aromatic N) is 3. The number of ether oxygens (including phenoxy) is 1. The monoisotopic (exact) mass is 328 g/mol. The number of aromatic hydroxyl groups is 1. The van der Waals surface area contributed by atoms with Crippen molar-refractivity contribution >= 4 is 34.4 Å². The fourth-order valence-corrected chi connectivity index (χ4v) is 1.85. The number of rotatable bonds is 3. The number of phenols is 1. The second-order valence-electron chi connectivity index (χ2n) is 3.27. The van der Waals surface area contributed by atoms with Crippen molar-refractivity contribution in [3.8, 4) is 11.5 Å². The van der Waals surface area contributed by atoms with Gasteiger partial charge in [-0.15, -0.1) is 0 Å². The minimum Gasteiger partial charge on any atom is -0.503 e. The molecule has 0 aliphatic carbocycles. The van der Waals surface area contributed by atoms with E-state index in [1.54, 1.807) is 18.3 Å². The van der Waals surface area contributed by atoms with Crippen LogP contribution in [0.1, 0.15) is 5.56 Å². The van der Waals surface area contributed by atoms with Crippen molar-refractivity contribution in [1.29, 1.82) is 0 Å². The number of H-pyrrole nitrogens is 1. The van der Waals surface area contributed by atoms with Crippen LogP contribution in [0.15, 0.2) is 28.0 Å². The predicted molar refractivity (Wildman–Crippen MR) is 72.8 cm³/mol. The van der Waals surface area contributed by atoms with Gasteiger partial charge in [-0.3, -0.25) is 5.10 Å². The molecule has 0 radical (unpaired) electrons. The minimum atomic E-state index is 0.0252. The van der Waals surface area contributed by atoms with Crippen molar-refractivity contribution in [3.63, 3.8) is 0 Å². The van der Waals surface area contributed by atoms with Gasteiger partial charge in [0.05, 0.1) is 17.8 Å². The highest BCUT2D eigenvalue weighted by molar-refractivity contribution is 9.10. The molecule has 0 atom stereocenters. The minimum absolute atomic E-state index is 0.0252. The van der Waals surface area contributed by atoms with Crippen LogP contribution in [0.3, 0.4) is 0 Å². The Morgan fingerprint density at radius 2 is 2.39 bits per heavy atom. The number of methoxy groups -OCH3 is 1. The lowest BCUT2D eigenvalue weighted by Gasteiger charge is -2.06. The van der Waals surface area contributed by atoms with Gasteiger partial charge >= 0.3 is 0 Å². The Kier molecular flexibility index (Phi) is 3.78. The zero-order valence-electron chi connectivity index (χ0n) is 9.29. The summed E-state index contributed by atoms with van der Waals surface area (Å²) >= 11 is 8.22. The standard InChI is InChI=1S/C10H9BrN4O2S/c1-17-7-3-2-6(8(11)9(7)16)4-13-15-5-12-14-10(15)18/h2-5,16H,1H3,(H,14,18)/b13-4-. The number of hydrogen-bond donors (Lipinski definition) is 2. The maximum atomic E-state index is 9.81. The molecule has 0 saturated heterocycles. The maximum Gasteiger partial charge on any atom is 0.216 e. The zero-order valence-corrected chi connectivity index (χ0v) is 11.7. The van der Waals surface area contributed by atoms with Crippen LogP contribution in [0.5, 0.6) is 11.5 Å². The highest BCUT2D eigenvalue weighted by Gasteiger charge is 2.09. The molecule has 0 bridgehead atoms. The summed E-state index contributed by atoms with van der Waals surface area (Å²) in [6, 6.07) is 3.41. The normalized spacial score (nSPS) is 11.0. The molecular formula is C10H9BrN4O2S. The predicted octanol–water partition coefficient (Wildman–Crippen LogP) is 2.30. The summed E-state index contributed by atoms with van der Waals surface area (Å²) in [5, 5.41) is 20.2. The highest BCUT2D eigenvalue weighted by atomic mass is 79.9. The lowest BCUT2D eigenvalue weighted by atomic mass is 10.2. The van der Waals surface area contributed by atoms with Gasteiger partial charge in [0.15, 0.2) is 11.5 Å². The molecule has 94 valence electrons. The quantitative estimate of drug-likeness (QED) is 0.669. The van der Waals surface area contributed by atoms with Crippen molar-refractivity contribution in [2.75, 3.05) is 7.11 Å². The molecule has 1 aromatic heterocycles. The third kappa shape index (κ3) is 2.44. The van der Waals surface area contributed by atoms with Crippen LogP contribution < -0.4 is 4.74 Å². The fourth-order valence-electron chi connectivity index (χ4n) is 1.28. The number of benzene rings is 1. The van der Waals surface area contributed by atoms with E-state index in [1.807, 2.05) is 0 Å². The van der Waals surface area contributed by atoms with E-state index < -0.39 is 0 Å². The van der Waals surface area contributed by atoms with Crippen molar-refractivity contribution < 1.29 is 9.84 Å². The average molecular weight is 329 g/mol. The number of aromatic nitrogens is 3. The first kappa shape index (κ1) is 12.8. The lowest BCUT2D eigenvalue weighted by molar-refractivity contribution is 0.372. The molecule has 0 spiro atoms. The first-order valence-corrected chi connectivity index (χ1v) is 6.05. The van der Waals surface area contributed by atoms with Crippen LogP contribution in [0.25, 0.3) is 0 Å². The van der Waals surface area contributed by atoms with Gasteiger partial charge in [0.25, 0.3) is 0 Å². The summed E-state index contributed by atoms with van der Waals surface area (Å²) < 4.78 is 7.28. The molecule has 2 N–H and O–H groups in total. The number of phenolic OH excluding ortho intramolecular Hbond substituents is 1. The molecular weight excluding hydrogens is 320 g/mol. The van der Waals surface area contributed by atoms with E-state index in [-0.39, 0.29) is 5.75 Å². The molecule has 0 unspecified atom stereocenters. The van der Waals surface area contributed by atoms with E-state index in [2.05, 4.69) is 31.2 Å². The van der Waals surface area contributed by atoms with Crippen LogP contribution in [0.4, 0.5) is 0 Å². The maximum absolute atomic E-state index is 9.81. The second kappa shape index (κ2) is 5.32. The molecule has 1 heterocycles. The number of aromatic amines is 1. The van der Waals surface area contributed by atoms with Gasteiger partial charge < -0.3 is 9.84 Å². The molecule has 2 rings (SSSR count). The van der Waals surface area contributed by atoms with E-state index in [4.69, 9.17) is 17.0 Å². The van der Waals surface area contributed by atoms with Crippen molar-refractivity contribution in [2.45, 2.75) is 0 Å². The molecule has 1 aromatic carbocycles. The Hall–Kier alpha value is -1.67. The fraction of sp³-hybridized carbons (Fsp3) is 0.100. The lowest BCUT2D eigenvalue weighted by Crippen LogP contribution is -1.92. The van der Waals surface area contributed by atoms with E-state index in [1.165, 1.54) is 18.1 Å². The van der Waals surface area contributed by atoms with Gasteiger partial charge in [0, 0.05) is 5.56 Å². The van der Waals surface area contributed by atoms with Crippen LogP contribution in [0.2, 0.25) is 0 Å². The van der Waals surface area contributed by atoms with Crippen molar-refractivity contribution in [3.05, 3.63) is 33.3 Å². The molecule has 0 saturated carbocycles. The topological polar surface area (TPSA) is 75.4 Å². The van der Waals surface area contributed by atoms with E-state index in [0.29, 0.717) is 20.6 Å². The van der Waals surface area contributed by atoms with E-state index >= 15 is 0 Å². The smallest absolute Gasteiger partial charge is 0.216 e. The van der Waals surface area contributed by atoms with Gasteiger partial charge in [0.2, 0.25) is 4.77 Å². The summed E-state index contributed by atoms with van der Waals surface area (Å²) in [4.78, 5) is 0. The number of nitrogens with one attached hydrogen (secondary N) is 1. The van der Waals surface area contributed by atoms with Crippen molar-refractivity contribution in [1.82, 2.24) is 14.9 Å². The second-order valence-corrected chi connectivity index (χ2v) is 4.45. The Morgan fingerprint density at radius 3 is 3.00 bits per heavy atom. The molecule has 0 fully saturated rings. The molecule has 2 aromatic rings. The summed E-state index contributed by atoms with van der Waals surface area (Å²) in [6.45, 7) is 0. The molecule has 0 amide bonds. The van der Waals surface area contributed by atoms with Crippen LogP contribution in [-0.2, 0) is 0 Å². The van der Waals surface area contributed by atoms with Crippen molar-refractivity contribution in [2.24, 2.45) is 5.10 Å². The van der Waals surface area contributed by atoms with Gasteiger partial charge in [-0.1, -0.05) is 0 Å². The Labute approximate surface area is 116 Å². The summed E-state index contributed by atoms with van der Waals surface area (Å²) in [6.07, 6.45) is 3.00. The first-order chi connectivity index (χ1) is 8.63. The van der Waals surface area contributed by atoms with Crippen LogP contribution in [-0.4, -0.2) is 33.3 Å². The SMILES string of the molecule is COc1ccc(/C=N\n2cn[nH]c2=S)c(Br)c1O. The van der Waals surface area contributed by atoms with Gasteiger partial charge in [-0.05, 0) is 40.3 Å². The zero-order chi connectivity index (χ0) is 13.1. The van der Waals surface area contributed by atoms with Gasteiger partial charge in [0.1, 0.15) is 6.33 Å². The molecule has 18 heavy (non-hydrogen) atoms. The molecule has 0 aliphatic rings. The molecule has 6 nitrogen and oxygen atoms in total. The molecule has 0 aliphatic heterocycles. The number of halogens is 1. The summed E-state index contributed by atoms with van der Waals surface area (Å²) in [5.41, 5.74) is 0.691. The average Bonchev–Trinajstić information content (AvgIpc) is 2.77. The Morgan fingerprint density at radius 1 is 1.61 bits per heavy atom. The summed E-state index contributed by atoms with van der Waals surface area (Å²) in [7, 11) is 1.49. The number of hydrogen-bond acceptors (Lipinski definition) is 5. The first-order valence-electron chi connectivity index (χ1n) is 4.85. The Balaban J connectivity index is 2.36. The van der Waals surface area contributed by atoms with Crippen LogP contribution in [0, 0.1) is 4.77 Å². The summed E-state index contributed by atoms with van der Waals surface area (Å²) in [5.74, 6) is 0.413.